The van der Waals surface area contributed by atoms with Gasteiger partial charge < -0.3 is 37.6 Å². The van der Waals surface area contributed by atoms with Gasteiger partial charge in [-0.1, -0.05) is 54.6 Å². The fourth-order valence-electron chi connectivity index (χ4n) is 7.46. The molecule has 5 atom stereocenters. The van der Waals surface area contributed by atoms with Crippen molar-refractivity contribution in [2.45, 2.75) is 76.8 Å². The number of hydrogen-bond acceptors (Lipinski definition) is 12. The van der Waals surface area contributed by atoms with Crippen molar-refractivity contribution in [3.63, 3.8) is 0 Å². The SMILES string of the molecule is [C-]#[N+]CCOP(OC1[C@@H](COC(c2ccccc2)(c2ccc(OC)cc2)c2ccc(OC)cc2)O[C@@H](n2cnc3c(=O)[nH]c(NC(C)=O)nc32)[C@H]1OC)N(C(C)C)C(C)C. The molecule has 2 unspecified atom stereocenters. The highest BCUT2D eigenvalue weighted by Crippen LogP contribution is 2.51. The quantitative estimate of drug-likeness (QED) is 0.0393. The molecular formula is C43H52N7O9P. The van der Waals surface area contributed by atoms with Gasteiger partial charge in [-0.25, -0.2) is 16.2 Å². The molecule has 318 valence electrons. The van der Waals surface area contributed by atoms with Crippen molar-refractivity contribution >= 4 is 31.5 Å². The Balaban J connectivity index is 1.50. The molecule has 0 bridgehead atoms. The lowest BCUT2D eigenvalue weighted by molar-refractivity contribution is -0.114. The van der Waals surface area contributed by atoms with Crippen molar-refractivity contribution in [2.24, 2.45) is 0 Å². The van der Waals surface area contributed by atoms with Crippen molar-refractivity contribution in [3.05, 3.63) is 124 Å². The van der Waals surface area contributed by atoms with Crippen molar-refractivity contribution in [1.82, 2.24) is 24.2 Å². The predicted octanol–water partition coefficient (Wildman–Crippen LogP) is 6.68. The second kappa shape index (κ2) is 19.9. The number of anilines is 1. The average Bonchev–Trinajstić information content (AvgIpc) is 3.82. The molecule has 2 N–H and O–H groups in total. The predicted molar refractivity (Wildman–Crippen MR) is 227 cm³/mol. The first kappa shape index (κ1) is 44.3. The van der Waals surface area contributed by atoms with Crippen molar-refractivity contribution < 1.29 is 37.5 Å². The number of carbonyl (C=O) groups is 1. The highest BCUT2D eigenvalue weighted by molar-refractivity contribution is 7.44. The van der Waals surface area contributed by atoms with E-state index in [9.17, 15) is 9.59 Å². The van der Waals surface area contributed by atoms with Crippen LogP contribution in [-0.4, -0.2) is 102 Å². The van der Waals surface area contributed by atoms with Crippen LogP contribution in [0, 0.1) is 6.57 Å². The number of fused-ring (bicyclic) bond motifs is 1. The van der Waals surface area contributed by atoms with E-state index in [2.05, 4.69) is 57.5 Å². The van der Waals surface area contributed by atoms with Crippen LogP contribution in [0.25, 0.3) is 16.0 Å². The van der Waals surface area contributed by atoms with Crippen LogP contribution in [-0.2, 0) is 33.7 Å². The lowest BCUT2D eigenvalue weighted by atomic mass is 9.80. The number of aromatic nitrogens is 4. The summed E-state index contributed by atoms with van der Waals surface area (Å²) >= 11 is 0. The monoisotopic (exact) mass is 841 g/mol. The summed E-state index contributed by atoms with van der Waals surface area (Å²) in [5.41, 5.74) is 0.941. The van der Waals surface area contributed by atoms with Gasteiger partial charge in [0, 0.05) is 26.1 Å². The van der Waals surface area contributed by atoms with Gasteiger partial charge in [0.25, 0.3) is 14.1 Å². The van der Waals surface area contributed by atoms with E-state index in [0.717, 1.165) is 16.7 Å². The summed E-state index contributed by atoms with van der Waals surface area (Å²) in [5.74, 6) is 0.904. The maximum atomic E-state index is 13.2. The van der Waals surface area contributed by atoms with Crippen molar-refractivity contribution in [3.8, 4) is 11.5 Å². The number of amides is 1. The van der Waals surface area contributed by atoms with Gasteiger partial charge in [-0.15, -0.1) is 0 Å². The maximum absolute atomic E-state index is 13.2. The van der Waals surface area contributed by atoms with E-state index in [0.29, 0.717) is 11.5 Å². The number of hydrogen-bond donors (Lipinski definition) is 2. The molecule has 0 aliphatic carbocycles. The van der Waals surface area contributed by atoms with Gasteiger partial charge >= 0.3 is 0 Å². The zero-order chi connectivity index (χ0) is 43.0. The zero-order valence-electron chi connectivity index (χ0n) is 35.0. The van der Waals surface area contributed by atoms with Crippen LogP contribution in [0.3, 0.4) is 0 Å². The molecule has 1 fully saturated rings. The molecule has 16 nitrogen and oxygen atoms in total. The molecule has 1 saturated heterocycles. The Morgan fingerprint density at radius 2 is 1.55 bits per heavy atom. The summed E-state index contributed by atoms with van der Waals surface area (Å²) in [7, 11) is 3.00. The largest absolute Gasteiger partial charge is 0.497 e. The first-order chi connectivity index (χ1) is 28.9. The molecule has 6 rings (SSSR count). The number of nitrogens with one attached hydrogen (secondary N) is 2. The lowest BCUT2D eigenvalue weighted by Gasteiger charge is -2.39. The van der Waals surface area contributed by atoms with Gasteiger partial charge in [-0.2, -0.15) is 4.98 Å². The van der Waals surface area contributed by atoms with Crippen LogP contribution in [0.15, 0.2) is 90.0 Å². The minimum absolute atomic E-state index is 0.00875. The Kier molecular flexibility index (Phi) is 14.7. The van der Waals surface area contributed by atoms with Crippen LogP contribution in [0.2, 0.25) is 0 Å². The van der Waals surface area contributed by atoms with Crippen molar-refractivity contribution in [1.29, 1.82) is 0 Å². The van der Waals surface area contributed by atoms with E-state index in [1.54, 1.807) is 25.9 Å². The fraction of sp³-hybridized carbons (Fsp3) is 0.419. The first-order valence-electron chi connectivity index (χ1n) is 19.6. The smallest absolute Gasteiger partial charge is 0.280 e. The van der Waals surface area contributed by atoms with Crippen LogP contribution < -0.4 is 20.3 Å². The van der Waals surface area contributed by atoms with Gasteiger partial charge in [0.05, 0.1) is 27.2 Å². The summed E-state index contributed by atoms with van der Waals surface area (Å²) in [4.78, 5) is 40.1. The van der Waals surface area contributed by atoms with E-state index < -0.39 is 50.1 Å². The molecule has 0 spiro atoms. The number of aromatic amines is 1. The maximum Gasteiger partial charge on any atom is 0.280 e. The van der Waals surface area contributed by atoms with Gasteiger partial charge in [0.2, 0.25) is 18.4 Å². The van der Waals surface area contributed by atoms with Gasteiger partial charge in [0.1, 0.15) is 42.0 Å². The number of methoxy groups -OCH3 is 3. The molecule has 5 aromatic rings. The molecule has 1 aliphatic heterocycles. The van der Waals surface area contributed by atoms with E-state index in [-0.39, 0.29) is 49.0 Å². The van der Waals surface area contributed by atoms with E-state index in [1.807, 2.05) is 78.9 Å². The molecule has 3 heterocycles. The lowest BCUT2D eigenvalue weighted by Crippen LogP contribution is -2.42. The van der Waals surface area contributed by atoms with Crippen LogP contribution >= 0.6 is 8.53 Å². The third-order valence-electron chi connectivity index (χ3n) is 10.1. The van der Waals surface area contributed by atoms with Gasteiger partial charge in [-0.3, -0.25) is 24.5 Å². The number of nitrogens with zero attached hydrogens (tertiary/aromatic N) is 5. The second-order valence-electron chi connectivity index (χ2n) is 14.6. The standard InChI is InChI=1S/C43H52N7O9P/c1-27(2)50(28(3)4)60(57-24-23-44-6)59-37-35(58-41(38(37)55-9)49-26-45-36-39(49)47-42(46-29(5)51)48-40(36)52)25-56-43(30-13-11-10-12-14-30,31-15-19-33(53-7)20-16-31)32-17-21-34(54-8)22-18-32/h10-22,26-28,35,37-38,41H,23-25H2,1-5,7-9H3,(H2,46,47,48,51,52)/t35-,37?,38+,41-,60?/m1/s1. The summed E-state index contributed by atoms with van der Waals surface area (Å²) in [6.07, 6.45) is -1.99. The molecule has 1 aliphatic rings. The zero-order valence-corrected chi connectivity index (χ0v) is 35.9. The van der Waals surface area contributed by atoms with E-state index >= 15 is 0 Å². The normalized spacial score (nSPS) is 18.6. The van der Waals surface area contributed by atoms with E-state index in [1.165, 1.54) is 13.3 Å². The Bertz CT molecular complexity index is 2230. The van der Waals surface area contributed by atoms with Crippen LogP contribution in [0.5, 0.6) is 11.5 Å². The molecule has 0 saturated carbocycles. The molecule has 60 heavy (non-hydrogen) atoms. The van der Waals surface area contributed by atoms with E-state index in [4.69, 9.17) is 39.3 Å². The number of benzene rings is 3. The van der Waals surface area contributed by atoms with Crippen LogP contribution in [0.4, 0.5) is 5.95 Å². The molecule has 3 aromatic carbocycles. The highest BCUT2D eigenvalue weighted by atomic mass is 31.2. The molecule has 1 amide bonds. The Morgan fingerprint density at radius 3 is 2.08 bits per heavy atom. The highest BCUT2D eigenvalue weighted by Gasteiger charge is 2.51. The summed E-state index contributed by atoms with van der Waals surface area (Å²) < 4.78 is 48.8. The third kappa shape index (κ3) is 9.38. The minimum Gasteiger partial charge on any atom is -0.497 e. The number of carbonyl (C=O) groups excluding carboxylic acids is 1. The fourth-order valence-corrected chi connectivity index (χ4v) is 9.22. The summed E-state index contributed by atoms with van der Waals surface area (Å²) in [5, 5.41) is 2.55. The average molecular weight is 842 g/mol. The van der Waals surface area contributed by atoms with Crippen LogP contribution in [0.1, 0.15) is 57.5 Å². The summed E-state index contributed by atoms with van der Waals surface area (Å²) in [6, 6.07) is 25.4. The second-order valence-corrected chi connectivity index (χ2v) is 16.0. The number of rotatable bonds is 19. The van der Waals surface area contributed by atoms with Crippen molar-refractivity contribution in [2.75, 3.05) is 46.4 Å². The third-order valence-corrected chi connectivity index (χ3v) is 12.2. The minimum atomic E-state index is -1.79. The molecule has 0 radical (unpaired) electrons. The van der Waals surface area contributed by atoms with Gasteiger partial charge in [0.15, 0.2) is 17.4 Å². The Morgan fingerprint density at radius 1 is 0.950 bits per heavy atom. The molecule has 2 aromatic heterocycles. The Hall–Kier alpha value is -5.24. The number of H-pyrrole nitrogens is 1. The molecule has 17 heteroatoms. The topological polar surface area (TPSA) is 165 Å². The number of ether oxygens (including phenoxy) is 5. The summed E-state index contributed by atoms with van der Waals surface area (Å²) in [6.45, 7) is 17.2. The first-order valence-corrected chi connectivity index (χ1v) is 20.7. The van der Waals surface area contributed by atoms with Gasteiger partial charge in [-0.05, 0) is 68.7 Å². The molecular weight excluding hydrogens is 789 g/mol. The Labute approximate surface area is 350 Å². The number of imidazole rings is 1.